The Morgan fingerprint density at radius 1 is 1.20 bits per heavy atom. The highest BCUT2D eigenvalue weighted by Gasteiger charge is 2.32. The molecule has 1 aliphatic rings. The van der Waals surface area contributed by atoms with Crippen LogP contribution in [-0.4, -0.2) is 33.4 Å². The van der Waals surface area contributed by atoms with E-state index in [1.807, 2.05) is 36.4 Å². The third-order valence-corrected chi connectivity index (χ3v) is 4.97. The van der Waals surface area contributed by atoms with Crippen LogP contribution in [0.25, 0.3) is 6.08 Å². The molecule has 0 bridgehead atoms. The maximum atomic E-state index is 12.2. The molecule has 1 saturated heterocycles. The molecule has 0 aliphatic carbocycles. The van der Waals surface area contributed by atoms with Gasteiger partial charge in [0.2, 0.25) is 11.8 Å². The fourth-order valence-corrected chi connectivity index (χ4v) is 3.40. The Morgan fingerprint density at radius 3 is 2.63 bits per heavy atom. The van der Waals surface area contributed by atoms with Crippen LogP contribution in [0.3, 0.4) is 0 Å². The molecule has 1 aliphatic heterocycles. The number of thioether (sulfide) groups is 1. The van der Waals surface area contributed by atoms with Crippen LogP contribution < -0.4 is 10.6 Å². The third-order valence-electron chi connectivity index (χ3n) is 3.90. The molecular weight excluding hydrogens is 406 g/mol. The first kappa shape index (κ1) is 20.9. The fraction of sp³-hybridized carbons (Fsp3) is 0.100. The van der Waals surface area contributed by atoms with Crippen molar-refractivity contribution in [3.8, 4) is 0 Å². The maximum absolute atomic E-state index is 12.2. The quantitative estimate of drug-likeness (QED) is 0.402. The molecule has 0 spiro atoms. The predicted octanol–water partition coefficient (Wildman–Crippen LogP) is 3.21. The van der Waals surface area contributed by atoms with Crippen molar-refractivity contribution >= 4 is 52.4 Å². The van der Waals surface area contributed by atoms with Crippen LogP contribution in [-0.2, 0) is 9.59 Å². The SMILES string of the molecule is O=C(CC1SC(=N/N=C\C=C/c2ccccc2)NC1=O)Nc1ccc([N+](=O)[O-])cc1. The predicted molar refractivity (Wildman–Crippen MR) is 117 cm³/mol. The standard InChI is InChI=1S/C20H17N5O4S/c26-18(22-15-8-10-16(11-9-15)25(28)29)13-17-19(27)23-20(30-17)24-21-12-4-7-14-5-2-1-3-6-14/h1-12,17H,13H2,(H,22,26)(H,23,24,27)/b7-4-,21-12-. The first-order valence-corrected chi connectivity index (χ1v) is 9.74. The topological polar surface area (TPSA) is 126 Å². The number of hydrogen-bond donors (Lipinski definition) is 2. The summed E-state index contributed by atoms with van der Waals surface area (Å²) in [5.41, 5.74) is 1.37. The van der Waals surface area contributed by atoms with Gasteiger partial charge in [-0.25, -0.2) is 0 Å². The molecule has 1 unspecified atom stereocenters. The molecule has 3 rings (SSSR count). The minimum absolute atomic E-state index is 0.0653. The zero-order valence-electron chi connectivity index (χ0n) is 15.6. The summed E-state index contributed by atoms with van der Waals surface area (Å²) < 4.78 is 0. The number of non-ortho nitro benzene ring substituents is 1. The van der Waals surface area contributed by atoms with Crippen LogP contribution in [0.15, 0.2) is 70.9 Å². The van der Waals surface area contributed by atoms with E-state index in [1.54, 1.807) is 6.08 Å². The lowest BCUT2D eigenvalue weighted by atomic mass is 10.2. The number of nitrogens with zero attached hydrogens (tertiary/aromatic N) is 3. The summed E-state index contributed by atoms with van der Waals surface area (Å²) >= 11 is 1.12. The van der Waals surface area contributed by atoms with Crippen molar-refractivity contribution in [1.29, 1.82) is 0 Å². The molecule has 1 fully saturated rings. The van der Waals surface area contributed by atoms with Crippen LogP contribution in [0.1, 0.15) is 12.0 Å². The van der Waals surface area contributed by atoms with Gasteiger partial charge in [0, 0.05) is 30.5 Å². The van der Waals surface area contributed by atoms with Gasteiger partial charge in [-0.3, -0.25) is 19.7 Å². The number of carbonyl (C=O) groups is 2. The van der Waals surface area contributed by atoms with Gasteiger partial charge < -0.3 is 10.6 Å². The van der Waals surface area contributed by atoms with Crippen molar-refractivity contribution in [1.82, 2.24) is 5.32 Å². The van der Waals surface area contributed by atoms with Gasteiger partial charge in [-0.15, -0.1) is 5.10 Å². The van der Waals surface area contributed by atoms with Gasteiger partial charge in [0.1, 0.15) is 5.25 Å². The van der Waals surface area contributed by atoms with Crippen molar-refractivity contribution in [3.63, 3.8) is 0 Å². The van der Waals surface area contributed by atoms with Crippen molar-refractivity contribution in [2.45, 2.75) is 11.7 Å². The van der Waals surface area contributed by atoms with Crippen molar-refractivity contribution < 1.29 is 14.5 Å². The number of nitro benzene ring substituents is 1. The number of benzene rings is 2. The highest BCUT2D eigenvalue weighted by molar-refractivity contribution is 8.15. The van der Waals surface area contributed by atoms with Gasteiger partial charge in [-0.2, -0.15) is 5.10 Å². The number of nitro groups is 1. The molecule has 30 heavy (non-hydrogen) atoms. The number of allylic oxidation sites excluding steroid dienone is 1. The van der Waals surface area contributed by atoms with E-state index in [1.165, 1.54) is 30.5 Å². The summed E-state index contributed by atoms with van der Waals surface area (Å²) in [5, 5.41) is 23.4. The first-order valence-electron chi connectivity index (χ1n) is 8.86. The van der Waals surface area contributed by atoms with Crippen LogP contribution in [0, 0.1) is 10.1 Å². The van der Waals surface area contributed by atoms with Gasteiger partial charge in [0.15, 0.2) is 5.17 Å². The van der Waals surface area contributed by atoms with Crippen LogP contribution in [0.2, 0.25) is 0 Å². The number of hydrogen-bond acceptors (Lipinski definition) is 7. The lowest BCUT2D eigenvalue weighted by Crippen LogP contribution is -2.28. The molecule has 2 aromatic rings. The van der Waals surface area contributed by atoms with Crippen LogP contribution >= 0.6 is 11.8 Å². The molecule has 2 amide bonds. The van der Waals surface area contributed by atoms with Gasteiger partial charge in [-0.05, 0) is 23.8 Å². The molecule has 2 N–H and O–H groups in total. The third kappa shape index (κ3) is 6.11. The van der Waals surface area contributed by atoms with Crippen molar-refractivity contribution in [2.75, 3.05) is 5.32 Å². The highest BCUT2D eigenvalue weighted by Crippen LogP contribution is 2.23. The molecule has 0 saturated carbocycles. The Bertz CT molecular complexity index is 1020. The van der Waals surface area contributed by atoms with E-state index < -0.39 is 10.2 Å². The number of anilines is 1. The maximum Gasteiger partial charge on any atom is 0.269 e. The molecule has 9 nitrogen and oxygen atoms in total. The van der Waals surface area contributed by atoms with E-state index in [0.29, 0.717) is 10.9 Å². The summed E-state index contributed by atoms with van der Waals surface area (Å²) in [6.45, 7) is 0. The van der Waals surface area contributed by atoms with Crippen molar-refractivity contribution in [2.24, 2.45) is 10.2 Å². The monoisotopic (exact) mass is 423 g/mol. The smallest absolute Gasteiger partial charge is 0.269 e. The van der Waals surface area contributed by atoms with Crippen LogP contribution in [0.5, 0.6) is 0 Å². The Hall–Kier alpha value is -3.79. The van der Waals surface area contributed by atoms with E-state index in [2.05, 4.69) is 20.8 Å². The zero-order valence-corrected chi connectivity index (χ0v) is 16.4. The molecule has 0 radical (unpaired) electrons. The summed E-state index contributed by atoms with van der Waals surface area (Å²) in [4.78, 5) is 34.3. The zero-order chi connectivity index (χ0) is 21.3. The minimum atomic E-state index is -0.628. The lowest BCUT2D eigenvalue weighted by molar-refractivity contribution is -0.384. The second-order valence-corrected chi connectivity index (χ2v) is 7.28. The van der Waals surface area contributed by atoms with Crippen molar-refractivity contribution in [3.05, 3.63) is 76.4 Å². The van der Waals surface area contributed by atoms with E-state index in [0.717, 1.165) is 17.3 Å². The largest absolute Gasteiger partial charge is 0.326 e. The summed E-state index contributed by atoms with van der Waals surface area (Å²) in [5.74, 6) is -0.709. The molecule has 2 aromatic carbocycles. The summed E-state index contributed by atoms with van der Waals surface area (Å²) in [6.07, 6.45) is 5.04. The Morgan fingerprint density at radius 2 is 1.93 bits per heavy atom. The van der Waals surface area contributed by atoms with E-state index in [9.17, 15) is 19.7 Å². The van der Waals surface area contributed by atoms with Gasteiger partial charge >= 0.3 is 0 Å². The molecule has 10 heteroatoms. The van der Waals surface area contributed by atoms with Crippen LogP contribution in [0.4, 0.5) is 11.4 Å². The molecule has 1 atom stereocenters. The number of amides is 2. The molecule has 1 heterocycles. The number of nitrogens with one attached hydrogen (secondary N) is 2. The second-order valence-electron chi connectivity index (χ2n) is 6.09. The molecule has 152 valence electrons. The average molecular weight is 423 g/mol. The summed E-state index contributed by atoms with van der Waals surface area (Å²) in [7, 11) is 0. The molecule has 0 aromatic heterocycles. The minimum Gasteiger partial charge on any atom is -0.326 e. The van der Waals surface area contributed by atoms with E-state index in [-0.39, 0.29) is 23.9 Å². The van der Waals surface area contributed by atoms with Gasteiger partial charge in [-0.1, -0.05) is 48.2 Å². The Balaban J connectivity index is 1.49. The normalized spacial score (nSPS) is 17.5. The lowest BCUT2D eigenvalue weighted by Gasteiger charge is -2.07. The number of amidine groups is 1. The fourth-order valence-electron chi connectivity index (χ4n) is 2.48. The number of rotatable bonds is 7. The second kappa shape index (κ2) is 10.1. The van der Waals surface area contributed by atoms with E-state index >= 15 is 0 Å². The van der Waals surface area contributed by atoms with Gasteiger partial charge in [0.25, 0.3) is 5.69 Å². The Labute approximate surface area is 176 Å². The number of carbonyl (C=O) groups excluding carboxylic acids is 2. The Kier molecular flexibility index (Phi) is 7.06. The first-order chi connectivity index (χ1) is 14.5. The highest BCUT2D eigenvalue weighted by atomic mass is 32.2. The summed E-state index contributed by atoms with van der Waals surface area (Å²) in [6, 6.07) is 15.2. The van der Waals surface area contributed by atoms with Gasteiger partial charge in [0.05, 0.1) is 4.92 Å². The average Bonchev–Trinajstić information content (AvgIpc) is 3.08. The van der Waals surface area contributed by atoms with E-state index in [4.69, 9.17) is 0 Å². The molecular formula is C20H17N5O4S.